The number of hydrogen-bond donors (Lipinski definition) is 2. The maximum Gasteiger partial charge on any atom is 0.457 e. The molecule has 40 heavy (non-hydrogen) atoms. The summed E-state index contributed by atoms with van der Waals surface area (Å²) in [4.78, 5) is 0. The molecule has 0 unspecified atom stereocenters. The van der Waals surface area contributed by atoms with Gasteiger partial charge in [-0.3, -0.25) is 0 Å². The first-order valence-corrected chi connectivity index (χ1v) is 16.2. The van der Waals surface area contributed by atoms with E-state index in [2.05, 4.69) is 13.5 Å². The summed E-state index contributed by atoms with van der Waals surface area (Å²) in [5, 5.41) is 0. The third-order valence-corrected chi connectivity index (χ3v) is 12.7. The lowest BCUT2D eigenvalue weighted by molar-refractivity contribution is 0.472. The zero-order valence-corrected chi connectivity index (χ0v) is 22.9. The first-order chi connectivity index (χ1) is 19.0. The summed E-state index contributed by atoms with van der Waals surface area (Å²) in [6.07, 6.45) is 0. The highest BCUT2D eigenvalue weighted by molar-refractivity contribution is 7.80. The molecule has 0 aliphatic carbocycles. The molecule has 9 nitrogen and oxygen atoms in total. The Morgan fingerprint density at radius 1 is 0.400 bits per heavy atom. The zero-order valence-electron chi connectivity index (χ0n) is 20.2. The lowest BCUT2D eigenvalue weighted by Crippen LogP contribution is -2.12. The van der Waals surface area contributed by atoms with Crippen LogP contribution in [0.2, 0.25) is 0 Å². The monoisotopic (exact) mass is 611 g/mol. The molecule has 1 aliphatic rings. The van der Waals surface area contributed by atoms with Crippen LogP contribution in [0.15, 0.2) is 111 Å². The lowest BCUT2D eigenvalue weighted by atomic mass is 10.3. The van der Waals surface area contributed by atoms with Gasteiger partial charge in [0.05, 0.1) is 0 Å². The van der Waals surface area contributed by atoms with Crippen LogP contribution >= 0.6 is 22.8 Å². The first-order valence-electron chi connectivity index (χ1n) is 11.3. The molecule has 0 saturated heterocycles. The van der Waals surface area contributed by atoms with E-state index < -0.39 is 46.1 Å². The van der Waals surface area contributed by atoms with Crippen molar-refractivity contribution in [2.75, 3.05) is 0 Å². The molecular weight excluding hydrogens is 591 g/mol. The summed E-state index contributed by atoms with van der Waals surface area (Å²) in [6.45, 7) is 0. The number of rotatable bonds is 8. The maximum atomic E-state index is 13.6. The first kappa shape index (κ1) is 28.0. The molecule has 1 aliphatic heterocycles. The summed E-state index contributed by atoms with van der Waals surface area (Å²) in [5.41, 5.74) is 13.1. The van der Waals surface area contributed by atoms with Crippen molar-refractivity contribution >= 4 is 22.8 Å². The van der Waals surface area contributed by atoms with Gasteiger partial charge in [0.2, 0.25) is 0 Å². The number of benzene rings is 4. The van der Waals surface area contributed by atoms with Gasteiger partial charge in [0.15, 0.2) is 0 Å². The van der Waals surface area contributed by atoms with E-state index in [1.54, 1.807) is 0 Å². The molecular formula is C24H20F4N5O4P3. The minimum atomic E-state index is -4.04. The fraction of sp³-hybridized carbons (Fsp3) is 0. The maximum absolute atomic E-state index is 13.6. The number of hydrogen-bond acceptors (Lipinski definition) is 9. The van der Waals surface area contributed by atoms with E-state index in [4.69, 9.17) is 29.1 Å². The van der Waals surface area contributed by atoms with Gasteiger partial charge >= 0.3 is 22.8 Å². The predicted octanol–water partition coefficient (Wildman–Crippen LogP) is 8.63. The van der Waals surface area contributed by atoms with Crippen LogP contribution < -0.4 is 29.1 Å². The molecule has 5 rings (SSSR count). The van der Waals surface area contributed by atoms with E-state index in [-0.39, 0.29) is 23.0 Å². The van der Waals surface area contributed by atoms with E-state index in [0.29, 0.717) is 0 Å². The van der Waals surface area contributed by atoms with Crippen molar-refractivity contribution < 1.29 is 35.7 Å². The topological polar surface area (TPSA) is 126 Å². The average Bonchev–Trinajstić information content (AvgIpc) is 2.89. The van der Waals surface area contributed by atoms with Crippen molar-refractivity contribution in [3.8, 4) is 23.0 Å². The third-order valence-electron chi connectivity index (χ3n) is 4.92. The van der Waals surface area contributed by atoms with Crippen molar-refractivity contribution in [2.24, 2.45) is 24.6 Å². The smallest absolute Gasteiger partial charge is 0.431 e. The molecule has 16 heteroatoms. The van der Waals surface area contributed by atoms with Crippen molar-refractivity contribution in [1.82, 2.24) is 0 Å². The molecule has 0 aromatic heterocycles. The van der Waals surface area contributed by atoms with Crippen LogP contribution in [0, 0.1) is 23.3 Å². The molecule has 4 N–H and O–H groups in total. The molecule has 0 spiro atoms. The van der Waals surface area contributed by atoms with Crippen LogP contribution in [0.4, 0.5) is 17.6 Å². The Balaban J connectivity index is 1.69. The zero-order chi connectivity index (χ0) is 28.4. The van der Waals surface area contributed by atoms with E-state index in [1.807, 2.05) is 0 Å². The third kappa shape index (κ3) is 6.94. The Hall–Kier alpha value is -3.59. The Kier molecular flexibility index (Phi) is 7.77. The van der Waals surface area contributed by atoms with Crippen LogP contribution in [0.3, 0.4) is 0 Å². The average molecular weight is 611 g/mol. The van der Waals surface area contributed by atoms with Gasteiger partial charge in [0, 0.05) is 0 Å². The largest absolute Gasteiger partial charge is 0.457 e. The van der Waals surface area contributed by atoms with Gasteiger partial charge in [-0.2, -0.15) is 0 Å². The van der Waals surface area contributed by atoms with Crippen LogP contribution in [0.25, 0.3) is 0 Å². The van der Waals surface area contributed by atoms with Crippen molar-refractivity contribution in [3.63, 3.8) is 0 Å². The lowest BCUT2D eigenvalue weighted by Gasteiger charge is -2.31. The fourth-order valence-electron chi connectivity index (χ4n) is 3.29. The highest BCUT2D eigenvalue weighted by Gasteiger charge is 2.41. The molecule has 0 radical (unpaired) electrons. The van der Waals surface area contributed by atoms with Gasteiger partial charge in [-0.25, -0.2) is 28.6 Å². The standard InChI is InChI=1S/C24H20F4N5O4P3/c25-17-1-9-21(10-2-17)34-38(29)31-39(30,35-22-11-3-18(26)4-12-22)33-40(32-38,36-23-13-5-19(27)6-14-23)37-24-15-7-20(28)8-16-24/h1-16H,29-30H2/t38-,39-/m1/s1. The second-order valence-corrected chi connectivity index (χ2v) is 14.3. The number of halogens is 4. The summed E-state index contributed by atoms with van der Waals surface area (Å²) in [5.74, 6) is -1.76. The molecule has 4 aromatic rings. The van der Waals surface area contributed by atoms with Gasteiger partial charge in [0.25, 0.3) is 0 Å². The summed E-state index contributed by atoms with van der Waals surface area (Å²) >= 11 is 0. The normalized spacial score (nSPS) is 21.2. The minimum Gasteiger partial charge on any atom is -0.431 e. The second-order valence-electron chi connectivity index (χ2n) is 8.12. The molecule has 208 valence electrons. The molecule has 0 amide bonds. The van der Waals surface area contributed by atoms with Gasteiger partial charge in [-0.05, 0) is 97.1 Å². The fourth-order valence-corrected chi connectivity index (χ4v) is 11.6. The van der Waals surface area contributed by atoms with Gasteiger partial charge in [-0.15, -0.1) is 13.5 Å². The Labute approximate surface area is 226 Å². The van der Waals surface area contributed by atoms with Crippen LogP contribution in [-0.4, -0.2) is 0 Å². The molecule has 0 fully saturated rings. The van der Waals surface area contributed by atoms with Crippen molar-refractivity contribution in [1.29, 1.82) is 0 Å². The quantitative estimate of drug-likeness (QED) is 0.152. The Bertz CT molecular complexity index is 1580. The highest BCUT2D eigenvalue weighted by atomic mass is 31.3. The number of nitrogens with zero attached hydrogens (tertiary/aromatic N) is 3. The van der Waals surface area contributed by atoms with Crippen LogP contribution in [-0.2, 0) is 0 Å². The Morgan fingerprint density at radius 2 is 0.675 bits per heavy atom. The molecule has 4 aromatic carbocycles. The summed E-state index contributed by atoms with van der Waals surface area (Å²) in [7, 11) is -11.8. The Morgan fingerprint density at radius 3 is 1.00 bits per heavy atom. The molecule has 1 heterocycles. The molecule has 2 atom stereocenters. The van der Waals surface area contributed by atoms with Gasteiger partial charge in [-0.1, -0.05) is 0 Å². The van der Waals surface area contributed by atoms with E-state index >= 15 is 0 Å². The van der Waals surface area contributed by atoms with Gasteiger partial charge < -0.3 is 18.1 Å². The second kappa shape index (κ2) is 11.1. The van der Waals surface area contributed by atoms with Crippen molar-refractivity contribution in [3.05, 3.63) is 120 Å². The predicted molar refractivity (Wildman–Crippen MR) is 145 cm³/mol. The highest BCUT2D eigenvalue weighted by Crippen LogP contribution is 2.74. The summed E-state index contributed by atoms with van der Waals surface area (Å²) < 4.78 is 91.6. The van der Waals surface area contributed by atoms with Crippen molar-refractivity contribution in [2.45, 2.75) is 0 Å². The summed E-state index contributed by atoms with van der Waals surface area (Å²) in [6, 6.07) is 19.5. The van der Waals surface area contributed by atoms with E-state index in [1.165, 1.54) is 48.5 Å². The van der Waals surface area contributed by atoms with E-state index in [0.717, 1.165) is 48.5 Å². The van der Waals surface area contributed by atoms with E-state index in [9.17, 15) is 17.6 Å². The van der Waals surface area contributed by atoms with Crippen LogP contribution in [0.5, 0.6) is 23.0 Å². The molecule has 0 saturated carbocycles. The minimum absolute atomic E-state index is 0.0768. The number of nitrogens with two attached hydrogens (primary N) is 2. The van der Waals surface area contributed by atoms with Crippen LogP contribution in [0.1, 0.15) is 0 Å². The SMILES string of the molecule is N[P@]1(Oc2ccc(F)cc2)=NP(Oc2ccc(F)cc2)(Oc2ccc(F)cc2)=N[P@](N)(Oc2ccc(F)cc2)=N1. The molecule has 0 bridgehead atoms. The van der Waals surface area contributed by atoms with Gasteiger partial charge in [0.1, 0.15) is 46.3 Å².